The number of piperidine rings is 1. The van der Waals surface area contributed by atoms with Crippen LogP contribution < -0.4 is 0 Å². The molecule has 1 aromatic rings. The van der Waals surface area contributed by atoms with E-state index in [9.17, 15) is 5.11 Å². The smallest absolute Gasteiger partial charge is 0.0917 e. The van der Waals surface area contributed by atoms with Gasteiger partial charge in [0.1, 0.15) is 0 Å². The molecule has 0 aromatic heterocycles. The van der Waals surface area contributed by atoms with Crippen LogP contribution in [0.2, 0.25) is 10.0 Å². The third-order valence-corrected chi connectivity index (χ3v) is 3.59. The van der Waals surface area contributed by atoms with Crippen molar-refractivity contribution in [3.8, 4) is 0 Å². The summed E-state index contributed by atoms with van der Waals surface area (Å²) in [5.41, 5.74) is 0.799. The number of nitrogens with zero attached hydrogens (tertiary/aromatic N) is 1. The largest absolute Gasteiger partial charge is 0.387 e. The normalized spacial score (nSPS) is 19.2. The van der Waals surface area contributed by atoms with Crippen molar-refractivity contribution in [1.29, 1.82) is 0 Å². The van der Waals surface area contributed by atoms with Crippen LogP contribution in [0.3, 0.4) is 0 Å². The predicted molar refractivity (Wildman–Crippen MR) is 71.7 cm³/mol. The molecule has 1 aliphatic rings. The molecule has 1 N–H and O–H groups in total. The number of likely N-dealkylation sites (tertiary alicyclic amines) is 1. The summed E-state index contributed by atoms with van der Waals surface area (Å²) in [5.74, 6) is 0. The Kier molecular flexibility index (Phi) is 4.69. The quantitative estimate of drug-likeness (QED) is 0.911. The molecule has 0 aliphatic carbocycles. The summed E-state index contributed by atoms with van der Waals surface area (Å²) in [4.78, 5) is 2.29. The Morgan fingerprint density at radius 1 is 1.06 bits per heavy atom. The van der Waals surface area contributed by atoms with E-state index in [1.165, 1.54) is 19.3 Å². The van der Waals surface area contributed by atoms with Crippen LogP contribution in [0, 0.1) is 0 Å². The fraction of sp³-hybridized carbons (Fsp3) is 0.538. The number of benzene rings is 1. The maximum absolute atomic E-state index is 10.2. The first kappa shape index (κ1) is 13.2. The van der Waals surface area contributed by atoms with Crippen LogP contribution in [0.15, 0.2) is 18.2 Å². The highest BCUT2D eigenvalue weighted by molar-refractivity contribution is 6.34. The lowest BCUT2D eigenvalue weighted by atomic mass is 10.1. The van der Waals surface area contributed by atoms with Crippen LogP contribution in [0.1, 0.15) is 30.9 Å². The minimum atomic E-state index is -0.510. The third-order valence-electron chi connectivity index (χ3n) is 3.15. The van der Waals surface area contributed by atoms with Crippen molar-refractivity contribution in [2.75, 3.05) is 19.6 Å². The molecule has 0 amide bonds. The molecule has 17 heavy (non-hydrogen) atoms. The minimum absolute atomic E-state index is 0.510. The monoisotopic (exact) mass is 273 g/mol. The lowest BCUT2D eigenvalue weighted by molar-refractivity contribution is 0.101. The number of hydrogen-bond acceptors (Lipinski definition) is 2. The summed E-state index contributed by atoms with van der Waals surface area (Å²) in [6.07, 6.45) is 3.24. The van der Waals surface area contributed by atoms with E-state index >= 15 is 0 Å². The Morgan fingerprint density at radius 2 is 1.65 bits per heavy atom. The Hall–Kier alpha value is -0.280. The molecule has 0 bridgehead atoms. The Labute approximate surface area is 112 Å². The lowest BCUT2D eigenvalue weighted by Gasteiger charge is -2.28. The lowest BCUT2D eigenvalue weighted by Crippen LogP contribution is -2.33. The van der Waals surface area contributed by atoms with Gasteiger partial charge in [-0.15, -0.1) is 0 Å². The fourth-order valence-corrected chi connectivity index (χ4v) is 2.80. The van der Waals surface area contributed by atoms with Gasteiger partial charge in [0.15, 0.2) is 0 Å². The van der Waals surface area contributed by atoms with E-state index in [4.69, 9.17) is 23.2 Å². The van der Waals surface area contributed by atoms with Crippen molar-refractivity contribution in [2.24, 2.45) is 0 Å². The molecule has 4 heteroatoms. The Bertz CT molecular complexity index is 357. The van der Waals surface area contributed by atoms with Gasteiger partial charge in [-0.1, -0.05) is 29.6 Å². The zero-order valence-electron chi connectivity index (χ0n) is 9.70. The Morgan fingerprint density at radius 3 is 2.24 bits per heavy atom. The second-order valence-corrected chi connectivity index (χ2v) is 5.45. The van der Waals surface area contributed by atoms with Crippen molar-refractivity contribution in [2.45, 2.75) is 25.4 Å². The molecule has 2 rings (SSSR count). The van der Waals surface area contributed by atoms with Crippen LogP contribution in [-0.4, -0.2) is 29.6 Å². The van der Waals surface area contributed by atoms with E-state index in [-0.39, 0.29) is 0 Å². The molecular weight excluding hydrogens is 257 g/mol. The highest BCUT2D eigenvalue weighted by Crippen LogP contribution is 2.24. The molecule has 1 heterocycles. The number of β-amino-alcohol motifs (C(OH)–C–C–N with tert-alkyl or cyclic N) is 1. The molecule has 1 aromatic carbocycles. The van der Waals surface area contributed by atoms with E-state index in [0.29, 0.717) is 16.6 Å². The molecular formula is C13H17Cl2NO. The standard InChI is InChI=1S/C13H17Cl2NO/c14-11-6-10(7-12(15)8-11)13(17)9-16-4-2-1-3-5-16/h6-8,13,17H,1-5,9H2. The van der Waals surface area contributed by atoms with E-state index in [0.717, 1.165) is 18.7 Å². The molecule has 0 saturated carbocycles. The summed E-state index contributed by atoms with van der Waals surface area (Å²) in [5, 5.41) is 11.3. The SMILES string of the molecule is OC(CN1CCCCC1)c1cc(Cl)cc(Cl)c1. The van der Waals surface area contributed by atoms with Gasteiger partial charge in [0, 0.05) is 16.6 Å². The highest BCUT2D eigenvalue weighted by Gasteiger charge is 2.16. The van der Waals surface area contributed by atoms with Gasteiger partial charge in [-0.05, 0) is 49.7 Å². The zero-order valence-corrected chi connectivity index (χ0v) is 11.2. The van der Waals surface area contributed by atoms with Gasteiger partial charge in [0.05, 0.1) is 6.10 Å². The van der Waals surface area contributed by atoms with Crippen molar-refractivity contribution in [1.82, 2.24) is 4.90 Å². The zero-order chi connectivity index (χ0) is 12.3. The molecule has 1 saturated heterocycles. The molecule has 1 aliphatic heterocycles. The van der Waals surface area contributed by atoms with Gasteiger partial charge in [0.2, 0.25) is 0 Å². The second kappa shape index (κ2) is 6.05. The van der Waals surface area contributed by atoms with Crippen LogP contribution in [0.5, 0.6) is 0 Å². The first-order valence-electron chi connectivity index (χ1n) is 6.01. The number of aliphatic hydroxyl groups is 1. The van der Waals surface area contributed by atoms with Crippen molar-refractivity contribution < 1.29 is 5.11 Å². The average Bonchev–Trinajstić information content (AvgIpc) is 2.29. The molecule has 0 radical (unpaired) electrons. The first-order chi connectivity index (χ1) is 8.15. The molecule has 0 spiro atoms. The van der Waals surface area contributed by atoms with E-state index in [2.05, 4.69) is 4.90 Å². The van der Waals surface area contributed by atoms with Crippen molar-refractivity contribution >= 4 is 23.2 Å². The predicted octanol–water partition coefficient (Wildman–Crippen LogP) is 3.51. The average molecular weight is 274 g/mol. The summed E-state index contributed by atoms with van der Waals surface area (Å²) in [6, 6.07) is 5.24. The number of hydrogen-bond donors (Lipinski definition) is 1. The van der Waals surface area contributed by atoms with Crippen molar-refractivity contribution in [3.05, 3.63) is 33.8 Å². The Balaban J connectivity index is 2.00. The number of aliphatic hydroxyl groups excluding tert-OH is 1. The number of halogens is 2. The summed E-state index contributed by atoms with van der Waals surface area (Å²) < 4.78 is 0. The summed E-state index contributed by atoms with van der Waals surface area (Å²) in [6.45, 7) is 2.81. The van der Waals surface area contributed by atoms with Gasteiger partial charge in [0.25, 0.3) is 0 Å². The van der Waals surface area contributed by atoms with Crippen LogP contribution in [-0.2, 0) is 0 Å². The van der Waals surface area contributed by atoms with Gasteiger partial charge in [-0.25, -0.2) is 0 Å². The first-order valence-corrected chi connectivity index (χ1v) is 6.77. The highest BCUT2D eigenvalue weighted by atomic mass is 35.5. The van der Waals surface area contributed by atoms with Crippen LogP contribution >= 0.6 is 23.2 Å². The van der Waals surface area contributed by atoms with Gasteiger partial charge < -0.3 is 10.0 Å². The summed E-state index contributed by atoms with van der Waals surface area (Å²) >= 11 is 11.9. The fourth-order valence-electron chi connectivity index (χ4n) is 2.26. The van der Waals surface area contributed by atoms with E-state index in [1.54, 1.807) is 18.2 Å². The maximum Gasteiger partial charge on any atom is 0.0917 e. The van der Waals surface area contributed by atoms with Crippen molar-refractivity contribution in [3.63, 3.8) is 0 Å². The van der Waals surface area contributed by atoms with Crippen LogP contribution in [0.25, 0.3) is 0 Å². The minimum Gasteiger partial charge on any atom is -0.387 e. The van der Waals surface area contributed by atoms with Gasteiger partial charge in [-0.2, -0.15) is 0 Å². The van der Waals surface area contributed by atoms with E-state index in [1.807, 2.05) is 0 Å². The number of rotatable bonds is 3. The molecule has 1 unspecified atom stereocenters. The summed E-state index contributed by atoms with van der Waals surface area (Å²) in [7, 11) is 0. The molecule has 1 atom stereocenters. The topological polar surface area (TPSA) is 23.5 Å². The molecule has 2 nitrogen and oxygen atoms in total. The third kappa shape index (κ3) is 3.85. The van der Waals surface area contributed by atoms with Gasteiger partial charge >= 0.3 is 0 Å². The van der Waals surface area contributed by atoms with Crippen LogP contribution in [0.4, 0.5) is 0 Å². The molecule has 1 fully saturated rings. The second-order valence-electron chi connectivity index (χ2n) is 4.58. The molecule has 94 valence electrons. The van der Waals surface area contributed by atoms with E-state index < -0.39 is 6.10 Å². The van der Waals surface area contributed by atoms with Gasteiger partial charge in [-0.3, -0.25) is 0 Å². The maximum atomic E-state index is 10.2.